The highest BCUT2D eigenvalue weighted by atomic mass is 16.5. The SMILES string of the molecule is O=C1NCC[C@H]1N1CCO[C@]2(CCCOC2)C1. The van der Waals surface area contributed by atoms with Crippen LogP contribution in [0.4, 0.5) is 0 Å². The van der Waals surface area contributed by atoms with Crippen molar-refractivity contribution in [2.75, 3.05) is 39.5 Å². The Morgan fingerprint density at radius 1 is 1.41 bits per heavy atom. The third-order valence-electron chi connectivity index (χ3n) is 4.02. The molecule has 0 unspecified atom stereocenters. The van der Waals surface area contributed by atoms with Crippen molar-refractivity contribution < 1.29 is 14.3 Å². The normalized spacial score (nSPS) is 39.5. The first-order valence-electron chi connectivity index (χ1n) is 6.53. The first-order chi connectivity index (χ1) is 8.29. The highest BCUT2D eigenvalue weighted by Gasteiger charge is 2.42. The molecule has 1 N–H and O–H groups in total. The van der Waals surface area contributed by atoms with Crippen LogP contribution in [0.5, 0.6) is 0 Å². The molecule has 96 valence electrons. The fraction of sp³-hybridized carbons (Fsp3) is 0.917. The van der Waals surface area contributed by atoms with E-state index in [1.807, 2.05) is 0 Å². The Kier molecular flexibility index (Phi) is 3.06. The van der Waals surface area contributed by atoms with Gasteiger partial charge in [-0.3, -0.25) is 9.69 Å². The first kappa shape index (κ1) is 11.4. The van der Waals surface area contributed by atoms with Crippen molar-refractivity contribution in [3.63, 3.8) is 0 Å². The number of hydrogen-bond donors (Lipinski definition) is 1. The van der Waals surface area contributed by atoms with Gasteiger partial charge in [0.25, 0.3) is 0 Å². The molecule has 0 aromatic rings. The van der Waals surface area contributed by atoms with E-state index in [0.29, 0.717) is 13.2 Å². The summed E-state index contributed by atoms with van der Waals surface area (Å²) < 4.78 is 11.5. The lowest BCUT2D eigenvalue weighted by molar-refractivity contribution is -0.174. The zero-order valence-electron chi connectivity index (χ0n) is 10.1. The third-order valence-corrected chi connectivity index (χ3v) is 4.02. The summed E-state index contributed by atoms with van der Waals surface area (Å²) in [7, 11) is 0. The van der Waals surface area contributed by atoms with Gasteiger partial charge >= 0.3 is 0 Å². The lowest BCUT2D eigenvalue weighted by atomic mass is 9.93. The van der Waals surface area contributed by atoms with Crippen LogP contribution in [-0.2, 0) is 14.3 Å². The summed E-state index contributed by atoms with van der Waals surface area (Å²) in [5.74, 6) is 0.179. The van der Waals surface area contributed by atoms with Crippen LogP contribution in [0, 0.1) is 0 Å². The highest BCUT2D eigenvalue weighted by Crippen LogP contribution is 2.29. The average molecular weight is 240 g/mol. The molecule has 0 aromatic heterocycles. The van der Waals surface area contributed by atoms with E-state index in [-0.39, 0.29) is 17.6 Å². The van der Waals surface area contributed by atoms with E-state index < -0.39 is 0 Å². The Bertz CT molecular complexity index is 297. The Morgan fingerprint density at radius 3 is 3.06 bits per heavy atom. The maximum Gasteiger partial charge on any atom is 0.237 e. The summed E-state index contributed by atoms with van der Waals surface area (Å²) in [6, 6.07) is 0.0534. The number of carbonyl (C=O) groups excluding carboxylic acids is 1. The number of nitrogens with zero attached hydrogens (tertiary/aromatic N) is 1. The van der Waals surface area contributed by atoms with Crippen molar-refractivity contribution >= 4 is 5.91 Å². The number of hydrogen-bond acceptors (Lipinski definition) is 4. The number of nitrogens with one attached hydrogen (secondary N) is 1. The summed E-state index contributed by atoms with van der Waals surface area (Å²) in [4.78, 5) is 14.0. The minimum atomic E-state index is -0.153. The fourth-order valence-electron chi connectivity index (χ4n) is 3.13. The van der Waals surface area contributed by atoms with Gasteiger partial charge in [0.1, 0.15) is 5.60 Å². The molecule has 0 aliphatic carbocycles. The molecule has 5 heteroatoms. The molecule has 1 spiro atoms. The van der Waals surface area contributed by atoms with Crippen LogP contribution in [-0.4, -0.2) is 61.9 Å². The van der Waals surface area contributed by atoms with Gasteiger partial charge in [-0.05, 0) is 19.3 Å². The molecule has 0 bridgehead atoms. The molecule has 0 saturated carbocycles. The van der Waals surface area contributed by atoms with Gasteiger partial charge < -0.3 is 14.8 Å². The second kappa shape index (κ2) is 4.55. The summed E-state index contributed by atoms with van der Waals surface area (Å²) >= 11 is 0. The largest absolute Gasteiger partial charge is 0.378 e. The molecular weight excluding hydrogens is 220 g/mol. The number of amides is 1. The molecule has 2 atom stereocenters. The molecule has 3 aliphatic rings. The van der Waals surface area contributed by atoms with E-state index in [1.165, 1.54) is 0 Å². The Morgan fingerprint density at radius 2 is 2.35 bits per heavy atom. The molecule has 5 nitrogen and oxygen atoms in total. The maximum absolute atomic E-state index is 11.7. The molecule has 3 heterocycles. The molecule has 0 radical (unpaired) electrons. The van der Waals surface area contributed by atoms with E-state index >= 15 is 0 Å². The van der Waals surface area contributed by atoms with Gasteiger partial charge in [-0.15, -0.1) is 0 Å². The molecule has 3 aliphatic heterocycles. The second-order valence-corrected chi connectivity index (χ2v) is 5.25. The van der Waals surface area contributed by atoms with Crippen molar-refractivity contribution in [1.82, 2.24) is 10.2 Å². The van der Waals surface area contributed by atoms with Gasteiger partial charge in [0.2, 0.25) is 5.91 Å². The van der Waals surface area contributed by atoms with Crippen LogP contribution < -0.4 is 5.32 Å². The van der Waals surface area contributed by atoms with Gasteiger partial charge in [0.15, 0.2) is 0 Å². The Labute approximate surface area is 101 Å². The maximum atomic E-state index is 11.7. The van der Waals surface area contributed by atoms with Crippen molar-refractivity contribution in [3.8, 4) is 0 Å². The number of ether oxygens (including phenoxy) is 2. The number of rotatable bonds is 1. The van der Waals surface area contributed by atoms with E-state index in [0.717, 1.165) is 45.5 Å². The van der Waals surface area contributed by atoms with Crippen LogP contribution in [0.1, 0.15) is 19.3 Å². The molecule has 0 aromatic carbocycles. The average Bonchev–Trinajstić information content (AvgIpc) is 2.77. The van der Waals surface area contributed by atoms with E-state index in [1.54, 1.807) is 0 Å². The van der Waals surface area contributed by atoms with Gasteiger partial charge in [0.05, 0.1) is 19.3 Å². The zero-order valence-corrected chi connectivity index (χ0v) is 10.1. The zero-order chi connectivity index (χ0) is 11.7. The Hall–Kier alpha value is -0.650. The van der Waals surface area contributed by atoms with Crippen LogP contribution in [0.25, 0.3) is 0 Å². The van der Waals surface area contributed by atoms with Gasteiger partial charge in [-0.1, -0.05) is 0 Å². The number of carbonyl (C=O) groups is 1. The van der Waals surface area contributed by atoms with Crippen molar-refractivity contribution in [1.29, 1.82) is 0 Å². The summed E-state index contributed by atoms with van der Waals surface area (Å²) in [5, 5.41) is 2.91. The molecule has 3 rings (SSSR count). The Balaban J connectivity index is 1.68. The molecule has 17 heavy (non-hydrogen) atoms. The topological polar surface area (TPSA) is 50.8 Å². The monoisotopic (exact) mass is 240 g/mol. The molecule has 1 amide bonds. The molecule has 3 fully saturated rings. The standard InChI is InChI=1S/C12H20N2O3/c15-11-10(2-4-13-11)14-5-7-17-12(8-14)3-1-6-16-9-12/h10H,1-9H2,(H,13,15)/t10-,12-/m1/s1. The summed E-state index contributed by atoms with van der Waals surface area (Å²) in [5.41, 5.74) is -0.153. The van der Waals surface area contributed by atoms with E-state index in [9.17, 15) is 4.79 Å². The lowest BCUT2D eigenvalue weighted by Gasteiger charge is -2.45. The first-order valence-corrected chi connectivity index (χ1v) is 6.53. The number of morpholine rings is 1. The predicted molar refractivity (Wildman–Crippen MR) is 61.7 cm³/mol. The smallest absolute Gasteiger partial charge is 0.237 e. The fourth-order valence-corrected chi connectivity index (χ4v) is 3.13. The summed E-state index contributed by atoms with van der Waals surface area (Å²) in [6.45, 7) is 4.75. The van der Waals surface area contributed by atoms with Gasteiger partial charge in [-0.25, -0.2) is 0 Å². The van der Waals surface area contributed by atoms with Crippen LogP contribution in [0.15, 0.2) is 0 Å². The van der Waals surface area contributed by atoms with Gasteiger partial charge in [-0.2, -0.15) is 0 Å². The lowest BCUT2D eigenvalue weighted by Crippen LogP contribution is -2.59. The molecule has 3 saturated heterocycles. The van der Waals surface area contributed by atoms with Gasteiger partial charge in [0, 0.05) is 26.2 Å². The van der Waals surface area contributed by atoms with Crippen LogP contribution in [0.3, 0.4) is 0 Å². The van der Waals surface area contributed by atoms with E-state index in [4.69, 9.17) is 9.47 Å². The van der Waals surface area contributed by atoms with Crippen molar-refractivity contribution in [2.24, 2.45) is 0 Å². The predicted octanol–water partition coefficient (Wildman–Crippen LogP) is -0.244. The van der Waals surface area contributed by atoms with Crippen molar-refractivity contribution in [3.05, 3.63) is 0 Å². The minimum Gasteiger partial charge on any atom is -0.378 e. The molecular formula is C12H20N2O3. The quantitative estimate of drug-likeness (QED) is 0.687. The van der Waals surface area contributed by atoms with Crippen LogP contribution in [0.2, 0.25) is 0 Å². The van der Waals surface area contributed by atoms with E-state index in [2.05, 4.69) is 10.2 Å². The van der Waals surface area contributed by atoms with Crippen molar-refractivity contribution in [2.45, 2.75) is 30.9 Å². The highest BCUT2D eigenvalue weighted by molar-refractivity contribution is 5.83. The summed E-state index contributed by atoms with van der Waals surface area (Å²) in [6.07, 6.45) is 3.04. The second-order valence-electron chi connectivity index (χ2n) is 5.25. The minimum absolute atomic E-state index is 0.0534. The third kappa shape index (κ3) is 2.19. The van der Waals surface area contributed by atoms with Crippen LogP contribution >= 0.6 is 0 Å².